The Morgan fingerprint density at radius 2 is 2.43 bits per heavy atom. The number of aliphatic hydroxyl groups is 1. The Hall–Kier alpha value is -0.800. The molecule has 1 aromatic rings. The van der Waals surface area contributed by atoms with Gasteiger partial charge in [-0.25, -0.2) is 0 Å². The molecule has 0 aromatic carbocycles. The summed E-state index contributed by atoms with van der Waals surface area (Å²) in [6.45, 7) is 0.852. The summed E-state index contributed by atoms with van der Waals surface area (Å²) in [4.78, 5) is 0. The minimum absolute atomic E-state index is 0.143. The van der Waals surface area contributed by atoms with Crippen LogP contribution in [0.15, 0.2) is 18.3 Å². The first-order valence-electron chi connectivity index (χ1n) is 5.29. The molecule has 3 heteroatoms. The van der Waals surface area contributed by atoms with Gasteiger partial charge in [0.1, 0.15) is 0 Å². The van der Waals surface area contributed by atoms with Crippen molar-refractivity contribution in [2.45, 2.75) is 38.0 Å². The molecule has 1 heterocycles. The number of nitrogens with one attached hydrogen (secondary N) is 1. The number of hydrogen-bond donors (Lipinski definition) is 2. The first-order valence-corrected chi connectivity index (χ1v) is 5.29. The predicted molar refractivity (Wildman–Crippen MR) is 55.9 cm³/mol. The van der Waals surface area contributed by atoms with E-state index in [2.05, 4.69) is 16.0 Å². The molecule has 1 saturated carbocycles. The highest BCUT2D eigenvalue weighted by molar-refractivity contribution is 5.06. The van der Waals surface area contributed by atoms with Gasteiger partial charge in [0, 0.05) is 31.5 Å². The lowest BCUT2D eigenvalue weighted by Gasteiger charge is -2.16. The quantitative estimate of drug-likeness (QED) is 0.754. The molecule has 0 amide bonds. The Balaban J connectivity index is 1.85. The molecule has 2 rings (SSSR count). The van der Waals surface area contributed by atoms with Crippen molar-refractivity contribution in [2.24, 2.45) is 7.05 Å². The van der Waals surface area contributed by atoms with Crippen LogP contribution in [0, 0.1) is 0 Å². The molecule has 78 valence electrons. The molecule has 0 spiro atoms. The largest absolute Gasteiger partial charge is 0.392 e. The molecule has 2 N–H and O–H groups in total. The zero-order valence-electron chi connectivity index (χ0n) is 8.61. The van der Waals surface area contributed by atoms with Crippen LogP contribution >= 0.6 is 0 Å². The van der Waals surface area contributed by atoms with Crippen LogP contribution < -0.4 is 5.32 Å². The monoisotopic (exact) mass is 194 g/mol. The highest BCUT2D eigenvalue weighted by atomic mass is 16.3. The molecule has 1 aliphatic rings. The minimum atomic E-state index is -0.143. The fourth-order valence-electron chi connectivity index (χ4n) is 2.09. The average molecular weight is 194 g/mol. The van der Waals surface area contributed by atoms with Gasteiger partial charge in [-0.05, 0) is 31.4 Å². The maximum absolute atomic E-state index is 9.62. The van der Waals surface area contributed by atoms with Crippen molar-refractivity contribution in [3.63, 3.8) is 0 Å². The van der Waals surface area contributed by atoms with E-state index in [4.69, 9.17) is 0 Å². The summed E-state index contributed by atoms with van der Waals surface area (Å²) in [5.74, 6) is 0. The summed E-state index contributed by atoms with van der Waals surface area (Å²) in [5, 5.41) is 13.0. The maximum atomic E-state index is 9.62. The smallest absolute Gasteiger partial charge is 0.0693 e. The third kappa shape index (κ3) is 1.99. The lowest BCUT2D eigenvalue weighted by molar-refractivity contribution is 0.148. The second-order valence-electron chi connectivity index (χ2n) is 4.10. The molecular formula is C11H18N2O. The highest BCUT2D eigenvalue weighted by Crippen LogP contribution is 2.19. The molecular weight excluding hydrogens is 176 g/mol. The number of aryl methyl sites for hydroxylation is 1. The van der Waals surface area contributed by atoms with Gasteiger partial charge in [-0.2, -0.15) is 0 Å². The second kappa shape index (κ2) is 4.15. The van der Waals surface area contributed by atoms with Crippen molar-refractivity contribution in [3.05, 3.63) is 24.0 Å². The van der Waals surface area contributed by atoms with E-state index in [1.54, 1.807) is 0 Å². The number of aromatic nitrogens is 1. The standard InChI is InChI=1S/C11H18N2O/c1-13-7-3-4-9(13)8-12-10-5-2-6-11(10)14/h3-4,7,10-12,14H,2,5-6,8H2,1H3. The lowest BCUT2D eigenvalue weighted by atomic mass is 10.2. The van der Waals surface area contributed by atoms with Crippen molar-refractivity contribution in [2.75, 3.05) is 0 Å². The third-order valence-electron chi connectivity index (χ3n) is 3.08. The van der Waals surface area contributed by atoms with E-state index in [0.717, 1.165) is 25.8 Å². The zero-order valence-corrected chi connectivity index (χ0v) is 8.61. The third-order valence-corrected chi connectivity index (χ3v) is 3.08. The SMILES string of the molecule is Cn1cccc1CNC1CCCC1O. The van der Waals surface area contributed by atoms with E-state index in [0.29, 0.717) is 6.04 Å². The molecule has 1 aromatic heterocycles. The second-order valence-corrected chi connectivity index (χ2v) is 4.10. The summed E-state index contributed by atoms with van der Waals surface area (Å²) < 4.78 is 2.11. The van der Waals surface area contributed by atoms with Crippen molar-refractivity contribution in [1.29, 1.82) is 0 Å². The molecule has 2 unspecified atom stereocenters. The molecule has 3 nitrogen and oxygen atoms in total. The Morgan fingerprint density at radius 1 is 1.57 bits per heavy atom. The highest BCUT2D eigenvalue weighted by Gasteiger charge is 2.24. The van der Waals surface area contributed by atoms with Gasteiger partial charge in [-0.3, -0.25) is 0 Å². The van der Waals surface area contributed by atoms with Crippen molar-refractivity contribution in [1.82, 2.24) is 9.88 Å². The molecule has 1 aliphatic carbocycles. The molecule has 1 fully saturated rings. The van der Waals surface area contributed by atoms with E-state index >= 15 is 0 Å². The summed E-state index contributed by atoms with van der Waals surface area (Å²) in [6, 6.07) is 4.45. The average Bonchev–Trinajstić information content (AvgIpc) is 2.72. The molecule has 14 heavy (non-hydrogen) atoms. The fourth-order valence-corrected chi connectivity index (χ4v) is 2.09. The topological polar surface area (TPSA) is 37.2 Å². The predicted octanol–water partition coefficient (Wildman–Crippen LogP) is 1.03. The Bertz CT molecular complexity index is 295. The lowest BCUT2D eigenvalue weighted by Crippen LogP contribution is -2.35. The molecule has 0 saturated heterocycles. The summed E-state index contributed by atoms with van der Waals surface area (Å²) in [7, 11) is 2.04. The first-order chi connectivity index (χ1) is 6.77. The summed E-state index contributed by atoms with van der Waals surface area (Å²) in [6.07, 6.45) is 5.10. The van der Waals surface area contributed by atoms with Gasteiger partial charge in [-0.1, -0.05) is 0 Å². The minimum Gasteiger partial charge on any atom is -0.392 e. The summed E-state index contributed by atoms with van der Waals surface area (Å²) >= 11 is 0. The summed E-state index contributed by atoms with van der Waals surface area (Å²) in [5.41, 5.74) is 1.27. The maximum Gasteiger partial charge on any atom is 0.0693 e. The molecule has 2 atom stereocenters. The van der Waals surface area contributed by atoms with E-state index in [1.807, 2.05) is 19.3 Å². The fraction of sp³-hybridized carbons (Fsp3) is 0.636. The van der Waals surface area contributed by atoms with Crippen LogP contribution in [0.5, 0.6) is 0 Å². The van der Waals surface area contributed by atoms with Gasteiger partial charge in [0.2, 0.25) is 0 Å². The van der Waals surface area contributed by atoms with Crippen molar-refractivity contribution in [3.8, 4) is 0 Å². The van der Waals surface area contributed by atoms with Crippen molar-refractivity contribution >= 4 is 0 Å². The van der Waals surface area contributed by atoms with Gasteiger partial charge in [-0.15, -0.1) is 0 Å². The Kier molecular flexibility index (Phi) is 2.89. The van der Waals surface area contributed by atoms with Crippen LogP contribution in [0.1, 0.15) is 25.0 Å². The Labute approximate surface area is 84.7 Å². The number of aliphatic hydroxyl groups excluding tert-OH is 1. The molecule has 0 aliphatic heterocycles. The van der Waals surface area contributed by atoms with Crippen LogP contribution in [-0.4, -0.2) is 21.8 Å². The van der Waals surface area contributed by atoms with Gasteiger partial charge in [0.25, 0.3) is 0 Å². The zero-order chi connectivity index (χ0) is 9.97. The van der Waals surface area contributed by atoms with E-state index in [9.17, 15) is 5.11 Å². The normalized spacial score (nSPS) is 27.0. The van der Waals surface area contributed by atoms with E-state index < -0.39 is 0 Å². The number of rotatable bonds is 3. The molecule has 0 bridgehead atoms. The van der Waals surface area contributed by atoms with Gasteiger partial charge in [0.05, 0.1) is 6.10 Å². The molecule has 0 radical (unpaired) electrons. The van der Waals surface area contributed by atoms with Crippen LogP contribution in [0.25, 0.3) is 0 Å². The van der Waals surface area contributed by atoms with Gasteiger partial charge < -0.3 is 15.0 Å². The van der Waals surface area contributed by atoms with Crippen LogP contribution in [0.2, 0.25) is 0 Å². The Morgan fingerprint density at radius 3 is 3.00 bits per heavy atom. The van der Waals surface area contributed by atoms with Gasteiger partial charge >= 0.3 is 0 Å². The van der Waals surface area contributed by atoms with Crippen LogP contribution in [0.3, 0.4) is 0 Å². The van der Waals surface area contributed by atoms with Gasteiger partial charge in [0.15, 0.2) is 0 Å². The number of nitrogens with zero attached hydrogens (tertiary/aromatic N) is 1. The van der Waals surface area contributed by atoms with Crippen molar-refractivity contribution < 1.29 is 5.11 Å². The van der Waals surface area contributed by atoms with Crippen LogP contribution in [-0.2, 0) is 13.6 Å². The van der Waals surface area contributed by atoms with E-state index in [1.165, 1.54) is 5.69 Å². The van der Waals surface area contributed by atoms with E-state index in [-0.39, 0.29) is 6.10 Å². The van der Waals surface area contributed by atoms with Crippen LogP contribution in [0.4, 0.5) is 0 Å². The number of hydrogen-bond acceptors (Lipinski definition) is 2. The first kappa shape index (κ1) is 9.74.